The van der Waals surface area contributed by atoms with Gasteiger partial charge in [0.15, 0.2) is 5.78 Å². The minimum atomic E-state index is 0.0958. The molecule has 0 aliphatic heterocycles. The van der Waals surface area contributed by atoms with E-state index >= 15 is 0 Å². The van der Waals surface area contributed by atoms with Crippen molar-refractivity contribution >= 4 is 17.1 Å². The van der Waals surface area contributed by atoms with Crippen LogP contribution in [0.25, 0.3) is 0 Å². The van der Waals surface area contributed by atoms with Gasteiger partial charge in [0.1, 0.15) is 5.01 Å². The van der Waals surface area contributed by atoms with Gasteiger partial charge in [0.2, 0.25) is 0 Å². The molecule has 0 saturated heterocycles. The van der Waals surface area contributed by atoms with E-state index in [1.165, 1.54) is 5.56 Å². The molecule has 21 heavy (non-hydrogen) atoms. The Labute approximate surface area is 130 Å². The third-order valence-corrected chi connectivity index (χ3v) is 4.83. The number of hydrogen-bond acceptors (Lipinski definition) is 3. The molecule has 0 atom stereocenters. The zero-order chi connectivity index (χ0) is 15.0. The zero-order valence-electron chi connectivity index (χ0n) is 13.0. The summed E-state index contributed by atoms with van der Waals surface area (Å²) >= 11 is 1.71. The fourth-order valence-electron chi connectivity index (χ4n) is 2.72. The van der Waals surface area contributed by atoms with E-state index < -0.39 is 0 Å². The van der Waals surface area contributed by atoms with Crippen LogP contribution in [0.1, 0.15) is 66.7 Å². The molecule has 4 heteroatoms. The smallest absolute Gasteiger partial charge is 0.164 e. The van der Waals surface area contributed by atoms with Crippen LogP contribution in [0.5, 0.6) is 0 Å². The summed E-state index contributed by atoms with van der Waals surface area (Å²) in [5, 5.41) is 3.26. The number of thiazole rings is 1. The number of Topliss-reactive ketones (excluding diaryl/α,β-unsaturated/α-hetero) is 1. The van der Waals surface area contributed by atoms with E-state index in [0.29, 0.717) is 12.2 Å². The maximum absolute atomic E-state index is 12.1. The Morgan fingerprint density at radius 1 is 1.24 bits per heavy atom. The molecule has 0 amide bonds. The van der Waals surface area contributed by atoms with Crippen LogP contribution in [0.15, 0.2) is 17.8 Å². The summed E-state index contributed by atoms with van der Waals surface area (Å²) in [6.45, 7) is 7.31. The molecule has 3 nitrogen and oxygen atoms in total. The Morgan fingerprint density at radius 2 is 2.00 bits per heavy atom. The van der Waals surface area contributed by atoms with Gasteiger partial charge in [-0.2, -0.15) is 0 Å². The van der Waals surface area contributed by atoms with Crippen LogP contribution < -0.4 is 0 Å². The van der Waals surface area contributed by atoms with Gasteiger partial charge in [-0.25, -0.2) is 4.98 Å². The van der Waals surface area contributed by atoms with Crippen LogP contribution in [0.3, 0.4) is 0 Å². The number of aromatic nitrogens is 2. The van der Waals surface area contributed by atoms with Crippen molar-refractivity contribution in [2.75, 3.05) is 0 Å². The van der Waals surface area contributed by atoms with Gasteiger partial charge in [0.05, 0.1) is 12.2 Å². The molecule has 0 unspecified atom stereocenters. The molecule has 0 spiro atoms. The minimum absolute atomic E-state index is 0.0958. The molecule has 2 aromatic rings. The second kappa shape index (κ2) is 5.41. The predicted molar refractivity (Wildman–Crippen MR) is 86.2 cm³/mol. The molecule has 2 aromatic heterocycles. The molecule has 0 fully saturated rings. The van der Waals surface area contributed by atoms with Crippen LogP contribution in [0.4, 0.5) is 0 Å². The van der Waals surface area contributed by atoms with Gasteiger partial charge in [-0.1, -0.05) is 20.8 Å². The van der Waals surface area contributed by atoms with E-state index in [1.807, 2.05) is 6.20 Å². The Morgan fingerprint density at radius 3 is 2.71 bits per heavy atom. The summed E-state index contributed by atoms with van der Waals surface area (Å²) in [5.74, 6) is 0.302. The van der Waals surface area contributed by atoms with E-state index in [9.17, 15) is 4.79 Å². The van der Waals surface area contributed by atoms with Crippen molar-refractivity contribution < 1.29 is 4.79 Å². The SMILES string of the molecule is CC(C)(C)c1csc(Cn2cc3c(c2)C(=O)CCCC3)n1. The van der Waals surface area contributed by atoms with Crippen LogP contribution in [-0.2, 0) is 18.4 Å². The first-order valence-electron chi connectivity index (χ1n) is 7.60. The van der Waals surface area contributed by atoms with E-state index in [1.54, 1.807) is 11.3 Å². The summed E-state index contributed by atoms with van der Waals surface area (Å²) < 4.78 is 2.12. The second-order valence-corrected chi connectivity index (χ2v) is 7.82. The van der Waals surface area contributed by atoms with Gasteiger partial charge in [-0.3, -0.25) is 4.79 Å². The monoisotopic (exact) mass is 302 g/mol. The fraction of sp³-hybridized carbons (Fsp3) is 0.529. The van der Waals surface area contributed by atoms with Crippen molar-refractivity contribution in [3.63, 3.8) is 0 Å². The average molecular weight is 302 g/mol. The molecule has 0 bridgehead atoms. The highest BCUT2D eigenvalue weighted by atomic mass is 32.1. The summed E-state index contributed by atoms with van der Waals surface area (Å²) in [5.41, 5.74) is 3.39. The minimum Gasteiger partial charge on any atom is -0.346 e. The molecule has 0 radical (unpaired) electrons. The lowest BCUT2D eigenvalue weighted by Gasteiger charge is -2.14. The zero-order valence-corrected chi connectivity index (χ0v) is 13.8. The van der Waals surface area contributed by atoms with Gasteiger partial charge in [0.25, 0.3) is 0 Å². The number of hydrogen-bond donors (Lipinski definition) is 0. The highest BCUT2D eigenvalue weighted by Crippen LogP contribution is 2.26. The number of ketones is 1. The van der Waals surface area contributed by atoms with Crippen molar-refractivity contribution in [3.8, 4) is 0 Å². The number of nitrogens with zero attached hydrogens (tertiary/aromatic N) is 2. The Bertz CT molecular complexity index is 661. The van der Waals surface area contributed by atoms with Crippen LogP contribution in [0, 0.1) is 0 Å². The summed E-state index contributed by atoms with van der Waals surface area (Å²) in [4.78, 5) is 16.8. The fourth-order valence-corrected chi connectivity index (χ4v) is 3.75. The molecule has 112 valence electrons. The third kappa shape index (κ3) is 3.10. The number of aryl methyl sites for hydroxylation is 1. The topological polar surface area (TPSA) is 34.9 Å². The van der Waals surface area contributed by atoms with Crippen molar-refractivity contribution in [1.82, 2.24) is 9.55 Å². The lowest BCUT2D eigenvalue weighted by molar-refractivity contribution is 0.0982. The summed E-state index contributed by atoms with van der Waals surface area (Å²) in [6.07, 6.45) is 8.02. The lowest BCUT2D eigenvalue weighted by atomic mass is 9.93. The Hall–Kier alpha value is -1.42. The molecule has 0 N–H and O–H groups in total. The van der Waals surface area contributed by atoms with Crippen molar-refractivity contribution in [2.45, 2.75) is 58.4 Å². The van der Waals surface area contributed by atoms with Crippen molar-refractivity contribution in [3.05, 3.63) is 39.6 Å². The Kier molecular flexibility index (Phi) is 3.74. The predicted octanol–water partition coefficient (Wildman–Crippen LogP) is 4.20. The van der Waals surface area contributed by atoms with Crippen LogP contribution >= 0.6 is 11.3 Å². The summed E-state index contributed by atoms with van der Waals surface area (Å²) in [6, 6.07) is 0. The van der Waals surface area contributed by atoms with E-state index in [0.717, 1.165) is 42.1 Å². The molecular formula is C17H22N2OS. The number of carbonyl (C=O) groups excluding carboxylic acids is 1. The standard InChI is InChI=1S/C17H22N2OS/c1-17(2,3)15-11-21-16(18-15)10-19-8-12-6-4-5-7-14(20)13(12)9-19/h8-9,11H,4-7,10H2,1-3H3. The maximum Gasteiger partial charge on any atom is 0.164 e. The van der Waals surface area contributed by atoms with Crippen molar-refractivity contribution in [2.24, 2.45) is 0 Å². The number of fused-ring (bicyclic) bond motifs is 1. The molecule has 0 saturated carbocycles. The first-order chi connectivity index (χ1) is 9.93. The largest absolute Gasteiger partial charge is 0.346 e. The van der Waals surface area contributed by atoms with Gasteiger partial charge in [-0.05, 0) is 24.8 Å². The van der Waals surface area contributed by atoms with Gasteiger partial charge >= 0.3 is 0 Å². The van der Waals surface area contributed by atoms with Crippen molar-refractivity contribution in [1.29, 1.82) is 0 Å². The number of rotatable bonds is 2. The second-order valence-electron chi connectivity index (χ2n) is 6.88. The molecule has 3 rings (SSSR count). The Balaban J connectivity index is 1.81. The molecular weight excluding hydrogens is 280 g/mol. The first kappa shape index (κ1) is 14.5. The summed E-state index contributed by atoms with van der Waals surface area (Å²) in [7, 11) is 0. The molecule has 1 aliphatic rings. The normalized spacial score (nSPS) is 15.9. The quantitative estimate of drug-likeness (QED) is 0.779. The average Bonchev–Trinajstić information content (AvgIpc) is 2.98. The highest BCUT2D eigenvalue weighted by Gasteiger charge is 2.19. The van der Waals surface area contributed by atoms with E-state index in [-0.39, 0.29) is 5.41 Å². The molecule has 1 aliphatic carbocycles. The maximum atomic E-state index is 12.1. The van der Waals surface area contributed by atoms with Crippen LogP contribution in [0.2, 0.25) is 0 Å². The van der Waals surface area contributed by atoms with Gasteiger partial charge < -0.3 is 4.57 Å². The third-order valence-electron chi connectivity index (χ3n) is 4.00. The number of carbonyl (C=O) groups is 1. The van der Waals surface area contributed by atoms with Crippen LogP contribution in [-0.4, -0.2) is 15.3 Å². The molecule has 2 heterocycles. The molecule has 0 aromatic carbocycles. The van der Waals surface area contributed by atoms with Gasteiger partial charge in [0, 0.05) is 35.2 Å². The highest BCUT2D eigenvalue weighted by molar-refractivity contribution is 7.09. The first-order valence-corrected chi connectivity index (χ1v) is 8.48. The lowest BCUT2D eigenvalue weighted by Crippen LogP contribution is -2.11. The van der Waals surface area contributed by atoms with E-state index in [4.69, 9.17) is 4.98 Å². The van der Waals surface area contributed by atoms with Gasteiger partial charge in [-0.15, -0.1) is 11.3 Å². The van der Waals surface area contributed by atoms with E-state index in [2.05, 4.69) is 36.9 Å².